The van der Waals surface area contributed by atoms with Crippen molar-refractivity contribution in [2.75, 3.05) is 7.11 Å². The van der Waals surface area contributed by atoms with Crippen molar-refractivity contribution >= 4 is 34.8 Å². The van der Waals surface area contributed by atoms with Gasteiger partial charge in [0, 0.05) is 11.1 Å². The normalized spacial score (nSPS) is 17.0. The molecule has 0 aromatic heterocycles. The van der Waals surface area contributed by atoms with Gasteiger partial charge in [-0.3, -0.25) is 9.59 Å². The van der Waals surface area contributed by atoms with Crippen LogP contribution in [-0.2, 0) is 0 Å². The fourth-order valence-electron chi connectivity index (χ4n) is 2.55. The number of rotatable bonds is 2. The minimum absolute atomic E-state index is 0.0720. The molecule has 1 atom stereocenters. The van der Waals surface area contributed by atoms with Gasteiger partial charge < -0.3 is 4.74 Å². The first kappa shape index (κ1) is 14.1. The average Bonchev–Trinajstić information content (AvgIpc) is 2.75. The highest BCUT2D eigenvalue weighted by molar-refractivity contribution is 6.47. The second kappa shape index (κ2) is 5.17. The predicted molar refractivity (Wildman–Crippen MR) is 80.9 cm³/mol. The molecule has 0 heterocycles. The van der Waals surface area contributed by atoms with E-state index < -0.39 is 5.92 Å². The number of ketones is 2. The highest BCUT2D eigenvalue weighted by Gasteiger charge is 2.42. The van der Waals surface area contributed by atoms with Crippen LogP contribution in [0.1, 0.15) is 32.2 Å². The van der Waals surface area contributed by atoms with Gasteiger partial charge in [0.15, 0.2) is 11.6 Å². The number of benzene rings is 2. The highest BCUT2D eigenvalue weighted by atomic mass is 35.5. The third-order valence-electron chi connectivity index (χ3n) is 3.56. The highest BCUT2D eigenvalue weighted by Crippen LogP contribution is 2.44. The fraction of sp³-hybridized carbons (Fsp3) is 0.125. The van der Waals surface area contributed by atoms with Crippen molar-refractivity contribution in [2.45, 2.75) is 5.92 Å². The number of hydrogen-bond donors (Lipinski definition) is 0. The van der Waals surface area contributed by atoms with E-state index in [1.54, 1.807) is 24.3 Å². The van der Waals surface area contributed by atoms with E-state index in [4.69, 9.17) is 27.9 Å². The van der Waals surface area contributed by atoms with E-state index in [0.717, 1.165) is 0 Å². The number of ether oxygens (including phenoxy) is 1. The van der Waals surface area contributed by atoms with Crippen molar-refractivity contribution in [3.8, 4) is 5.75 Å². The van der Waals surface area contributed by atoms with E-state index in [-0.39, 0.29) is 38.5 Å². The average molecular weight is 321 g/mol. The number of carbonyl (C=O) groups is 2. The summed E-state index contributed by atoms with van der Waals surface area (Å²) >= 11 is 12.2. The molecule has 5 heteroatoms. The fourth-order valence-corrected chi connectivity index (χ4v) is 3.07. The zero-order chi connectivity index (χ0) is 15.1. The van der Waals surface area contributed by atoms with Gasteiger partial charge in [-0.1, -0.05) is 53.5 Å². The van der Waals surface area contributed by atoms with Crippen molar-refractivity contribution in [3.63, 3.8) is 0 Å². The summed E-state index contributed by atoms with van der Waals surface area (Å²) in [5, 5.41) is 0.218. The zero-order valence-electron chi connectivity index (χ0n) is 11.0. The molecule has 0 N–H and O–H groups in total. The van der Waals surface area contributed by atoms with Crippen molar-refractivity contribution in [3.05, 3.63) is 63.1 Å². The van der Waals surface area contributed by atoms with Crippen LogP contribution in [0.4, 0.5) is 0 Å². The lowest BCUT2D eigenvalue weighted by Gasteiger charge is -2.07. The van der Waals surface area contributed by atoms with E-state index in [1.165, 1.54) is 13.2 Å². The van der Waals surface area contributed by atoms with Crippen LogP contribution in [0.15, 0.2) is 36.4 Å². The Bertz CT molecular complexity index is 754. The van der Waals surface area contributed by atoms with Gasteiger partial charge in [0.25, 0.3) is 0 Å². The molecule has 1 aliphatic rings. The molecule has 106 valence electrons. The Morgan fingerprint density at radius 1 is 1.00 bits per heavy atom. The molecule has 3 nitrogen and oxygen atoms in total. The third kappa shape index (κ3) is 2.04. The van der Waals surface area contributed by atoms with Crippen LogP contribution >= 0.6 is 23.2 Å². The number of carbonyl (C=O) groups excluding carboxylic acids is 2. The van der Waals surface area contributed by atoms with Gasteiger partial charge in [0.1, 0.15) is 16.7 Å². The summed E-state index contributed by atoms with van der Waals surface area (Å²) in [6, 6.07) is 10.4. The zero-order valence-corrected chi connectivity index (χ0v) is 12.5. The Hall–Kier alpha value is -1.84. The molecule has 0 aliphatic heterocycles. The van der Waals surface area contributed by atoms with Crippen molar-refractivity contribution in [1.29, 1.82) is 0 Å². The van der Waals surface area contributed by atoms with Gasteiger partial charge in [0.2, 0.25) is 0 Å². The van der Waals surface area contributed by atoms with Crippen LogP contribution in [0.25, 0.3) is 0 Å². The van der Waals surface area contributed by atoms with Crippen LogP contribution in [0.5, 0.6) is 5.75 Å². The summed E-state index contributed by atoms with van der Waals surface area (Å²) in [6.45, 7) is 0. The van der Waals surface area contributed by atoms with Crippen molar-refractivity contribution < 1.29 is 14.3 Å². The van der Waals surface area contributed by atoms with Crippen LogP contribution in [0, 0.1) is 0 Å². The molecule has 0 saturated carbocycles. The maximum absolute atomic E-state index is 12.6. The second-order valence-electron chi connectivity index (χ2n) is 4.70. The van der Waals surface area contributed by atoms with Crippen LogP contribution in [0.2, 0.25) is 10.0 Å². The van der Waals surface area contributed by atoms with Crippen LogP contribution in [0.3, 0.4) is 0 Å². The van der Waals surface area contributed by atoms with Gasteiger partial charge in [0.05, 0.1) is 12.1 Å². The molecule has 0 bridgehead atoms. The van der Waals surface area contributed by atoms with Crippen molar-refractivity contribution in [2.24, 2.45) is 0 Å². The van der Waals surface area contributed by atoms with E-state index in [2.05, 4.69) is 0 Å². The quantitative estimate of drug-likeness (QED) is 0.780. The lowest BCUT2D eigenvalue weighted by atomic mass is 9.94. The first-order chi connectivity index (χ1) is 10.1. The smallest absolute Gasteiger partial charge is 0.180 e. The third-order valence-corrected chi connectivity index (χ3v) is 4.41. The molecule has 2 aromatic rings. The van der Waals surface area contributed by atoms with Gasteiger partial charge in [-0.25, -0.2) is 0 Å². The maximum atomic E-state index is 12.6. The SMILES string of the molecule is COc1cc2c(c(Cl)c1Cl)C(=O)[C@@H](c1ccccc1)C2=O. The number of fused-ring (bicyclic) bond motifs is 1. The Labute approximate surface area is 131 Å². The molecule has 0 fully saturated rings. The summed E-state index contributed by atoms with van der Waals surface area (Å²) in [5.41, 5.74) is 1.09. The second-order valence-corrected chi connectivity index (χ2v) is 5.46. The number of Topliss-reactive ketones (excluding diaryl/α,β-unsaturated/α-hetero) is 2. The first-order valence-corrected chi connectivity index (χ1v) is 7.01. The summed E-state index contributed by atoms with van der Waals surface area (Å²) < 4.78 is 5.10. The number of halogens is 2. The Balaban J connectivity index is 2.20. The first-order valence-electron chi connectivity index (χ1n) is 6.25. The maximum Gasteiger partial charge on any atom is 0.180 e. The molecule has 0 amide bonds. The van der Waals surface area contributed by atoms with Crippen LogP contribution in [-0.4, -0.2) is 18.7 Å². The Morgan fingerprint density at radius 2 is 1.67 bits per heavy atom. The minimum atomic E-state index is -0.859. The van der Waals surface area contributed by atoms with E-state index in [9.17, 15) is 9.59 Å². The molecule has 21 heavy (non-hydrogen) atoms. The van der Waals surface area contributed by atoms with Crippen LogP contribution < -0.4 is 4.74 Å². The molecule has 1 aliphatic carbocycles. The molecular formula is C16H10Cl2O3. The van der Waals surface area contributed by atoms with Gasteiger partial charge in [-0.2, -0.15) is 0 Å². The Morgan fingerprint density at radius 3 is 2.29 bits per heavy atom. The van der Waals surface area contributed by atoms with E-state index in [1.807, 2.05) is 6.07 Å². The molecule has 0 unspecified atom stereocenters. The van der Waals surface area contributed by atoms with Crippen molar-refractivity contribution in [1.82, 2.24) is 0 Å². The van der Waals surface area contributed by atoms with Gasteiger partial charge in [-0.05, 0) is 11.6 Å². The topological polar surface area (TPSA) is 43.4 Å². The van der Waals surface area contributed by atoms with E-state index in [0.29, 0.717) is 5.56 Å². The standard InChI is InChI=1S/C16H10Cl2O3/c1-21-10-7-9-12(14(18)13(10)17)16(20)11(15(9)19)8-5-3-2-4-6-8/h2-7,11H,1H3/t11-/m0/s1. The molecule has 2 aromatic carbocycles. The molecular weight excluding hydrogens is 311 g/mol. The lowest BCUT2D eigenvalue weighted by Crippen LogP contribution is -2.12. The Kier molecular flexibility index (Phi) is 3.47. The van der Waals surface area contributed by atoms with Gasteiger partial charge >= 0.3 is 0 Å². The molecule has 0 saturated heterocycles. The summed E-state index contributed by atoms with van der Waals surface area (Å²) in [5.74, 6) is -1.18. The predicted octanol–water partition coefficient (Wildman–Crippen LogP) is 4.16. The largest absolute Gasteiger partial charge is 0.495 e. The summed E-state index contributed by atoms with van der Waals surface area (Å²) in [7, 11) is 1.43. The molecule has 0 spiro atoms. The summed E-state index contributed by atoms with van der Waals surface area (Å²) in [6.07, 6.45) is 0. The molecule has 0 radical (unpaired) electrons. The number of methoxy groups -OCH3 is 1. The van der Waals surface area contributed by atoms with E-state index >= 15 is 0 Å². The summed E-state index contributed by atoms with van der Waals surface area (Å²) in [4.78, 5) is 25.1. The lowest BCUT2D eigenvalue weighted by molar-refractivity contribution is 0.0890. The number of hydrogen-bond acceptors (Lipinski definition) is 3. The monoisotopic (exact) mass is 320 g/mol. The minimum Gasteiger partial charge on any atom is -0.495 e. The van der Waals surface area contributed by atoms with Gasteiger partial charge in [-0.15, -0.1) is 0 Å². The molecule has 3 rings (SSSR count).